The normalized spacial score (nSPS) is 17.6. The van der Waals surface area contributed by atoms with E-state index in [0.29, 0.717) is 41.8 Å². The summed E-state index contributed by atoms with van der Waals surface area (Å²) in [4.78, 5) is 25.1. The topological polar surface area (TPSA) is 103 Å². The van der Waals surface area contributed by atoms with Gasteiger partial charge in [-0.1, -0.05) is 36.4 Å². The number of morpholine rings is 1. The number of Topliss-reactive ketones (excluding diaryl/α,β-unsaturated/α-hetero) is 1. The van der Waals surface area contributed by atoms with Gasteiger partial charge in [-0.3, -0.25) is 4.79 Å². The molecule has 3 aromatic rings. The van der Waals surface area contributed by atoms with Gasteiger partial charge in [-0.15, -0.1) is 0 Å². The minimum Gasteiger partial charge on any atom is -0.447 e. The number of nitrogens with one attached hydrogen (secondary N) is 2. The number of ether oxygens (including phenoxy) is 2. The van der Waals surface area contributed by atoms with Crippen molar-refractivity contribution in [3.8, 4) is 0 Å². The van der Waals surface area contributed by atoms with Crippen LogP contribution in [0.15, 0.2) is 66.7 Å². The Morgan fingerprint density at radius 2 is 1.53 bits per heavy atom. The van der Waals surface area contributed by atoms with Crippen LogP contribution >= 0.6 is 0 Å². The molecule has 7 nitrogen and oxygen atoms in total. The van der Waals surface area contributed by atoms with Gasteiger partial charge in [0.1, 0.15) is 36.7 Å². The van der Waals surface area contributed by atoms with E-state index in [9.17, 15) is 31.5 Å². The second-order valence-corrected chi connectivity index (χ2v) is 10.8. The number of alkyl carbamates (subject to hydrolysis) is 1. The van der Waals surface area contributed by atoms with Crippen molar-refractivity contribution < 1.29 is 45.4 Å². The summed E-state index contributed by atoms with van der Waals surface area (Å²) in [6.45, 7) is -1.10. The number of halogens is 6. The van der Waals surface area contributed by atoms with E-state index < -0.39 is 66.2 Å². The molecule has 4 rings (SSSR count). The summed E-state index contributed by atoms with van der Waals surface area (Å²) in [5, 5.41) is 4.72. The highest BCUT2D eigenvalue weighted by molar-refractivity contribution is 5.87. The molecule has 0 saturated carbocycles. The smallest absolute Gasteiger partial charge is 0.407 e. The lowest BCUT2D eigenvalue weighted by molar-refractivity contribution is -0.124. The zero-order chi connectivity index (χ0) is 32.6. The highest BCUT2D eigenvalue weighted by atomic mass is 19.4. The molecule has 1 amide bonds. The Morgan fingerprint density at radius 1 is 0.933 bits per heavy atom. The van der Waals surface area contributed by atoms with Crippen molar-refractivity contribution in [3.05, 3.63) is 106 Å². The van der Waals surface area contributed by atoms with Gasteiger partial charge >= 0.3 is 12.3 Å². The monoisotopic (exact) mass is 637 g/mol. The molecular weight excluding hydrogens is 604 g/mol. The summed E-state index contributed by atoms with van der Waals surface area (Å²) in [5.41, 5.74) is 8.32. The highest BCUT2D eigenvalue weighted by Crippen LogP contribution is 2.30. The first kappa shape index (κ1) is 33.9. The molecule has 1 aliphatic heterocycles. The molecule has 0 aromatic heterocycles. The molecule has 4 N–H and O–H groups in total. The van der Waals surface area contributed by atoms with Crippen molar-refractivity contribution in [1.82, 2.24) is 10.6 Å². The molecule has 1 saturated heterocycles. The molecule has 1 fully saturated rings. The maximum atomic E-state index is 15.0. The second kappa shape index (κ2) is 15.4. The third-order valence-corrected chi connectivity index (χ3v) is 7.45. The fourth-order valence-corrected chi connectivity index (χ4v) is 5.23. The van der Waals surface area contributed by atoms with E-state index in [4.69, 9.17) is 15.2 Å². The third kappa shape index (κ3) is 10.0. The number of hydrogen-bond donors (Lipinski definition) is 3. The Hall–Kier alpha value is -3.94. The summed E-state index contributed by atoms with van der Waals surface area (Å²) in [6, 6.07) is 14.3. The van der Waals surface area contributed by atoms with Crippen LogP contribution < -0.4 is 16.4 Å². The Morgan fingerprint density at radius 3 is 2.13 bits per heavy atom. The van der Waals surface area contributed by atoms with Gasteiger partial charge in [0, 0.05) is 25.4 Å². The Labute approximate surface area is 256 Å². The van der Waals surface area contributed by atoms with Gasteiger partial charge in [0.05, 0.1) is 12.1 Å². The van der Waals surface area contributed by atoms with E-state index in [1.54, 1.807) is 11.4 Å². The van der Waals surface area contributed by atoms with E-state index in [-0.39, 0.29) is 19.4 Å². The van der Waals surface area contributed by atoms with Gasteiger partial charge < -0.3 is 25.8 Å². The number of alkyl halides is 3. The lowest BCUT2D eigenvalue weighted by Gasteiger charge is -2.31. The number of nitrogens with two attached hydrogens (primary N) is 1. The van der Waals surface area contributed by atoms with Gasteiger partial charge in [0.2, 0.25) is 0 Å². The summed E-state index contributed by atoms with van der Waals surface area (Å²) in [6.07, 6.45) is -6.53. The standard InChI is InChI=1S/C32H33F6N3O4/c33-22-8-4-19(5-9-22)29(20-6-10-23(34)11-7-20)30(39)28(42)14-21-2-1-3-27(35)26(21)13-12-24-15-40-16-25(45-24)17-44-31(43)41-18-32(36,37)38/h1-11,24-25,29-30,40H,12-18,39H2,(H,41,43)/t24-,25+,30-/m1/s1. The summed E-state index contributed by atoms with van der Waals surface area (Å²) in [5.74, 6) is -2.58. The molecule has 45 heavy (non-hydrogen) atoms. The molecular formula is C32H33F6N3O4. The van der Waals surface area contributed by atoms with Crippen molar-refractivity contribution in [1.29, 1.82) is 0 Å². The van der Waals surface area contributed by atoms with Gasteiger partial charge in [0.25, 0.3) is 0 Å². The van der Waals surface area contributed by atoms with E-state index in [2.05, 4.69) is 5.32 Å². The Kier molecular flexibility index (Phi) is 11.6. The molecule has 0 aliphatic carbocycles. The summed E-state index contributed by atoms with van der Waals surface area (Å²) >= 11 is 0. The fourth-order valence-electron chi connectivity index (χ4n) is 5.23. The van der Waals surface area contributed by atoms with Crippen LogP contribution in [0.5, 0.6) is 0 Å². The van der Waals surface area contributed by atoms with E-state index in [0.717, 1.165) is 0 Å². The maximum absolute atomic E-state index is 15.0. The number of amides is 1. The first-order valence-corrected chi connectivity index (χ1v) is 14.3. The SMILES string of the molecule is N[C@H](C(=O)Cc1cccc(F)c1CC[C@@H]1CNC[C@@H](COC(=O)NCC(F)(F)F)O1)C(c1ccc(F)cc1)c1ccc(F)cc1. The van der Waals surface area contributed by atoms with Crippen molar-refractivity contribution >= 4 is 11.9 Å². The molecule has 13 heteroatoms. The first-order valence-electron chi connectivity index (χ1n) is 14.3. The third-order valence-electron chi connectivity index (χ3n) is 7.45. The fraction of sp³-hybridized carbons (Fsp3) is 0.375. The van der Waals surface area contributed by atoms with Crippen LogP contribution in [0.4, 0.5) is 31.1 Å². The number of rotatable bonds is 12. The predicted molar refractivity (Wildman–Crippen MR) is 153 cm³/mol. The van der Waals surface area contributed by atoms with Crippen LogP contribution in [0.25, 0.3) is 0 Å². The van der Waals surface area contributed by atoms with Gasteiger partial charge in [0.15, 0.2) is 5.78 Å². The zero-order valence-electron chi connectivity index (χ0n) is 24.1. The molecule has 0 unspecified atom stereocenters. The summed E-state index contributed by atoms with van der Waals surface area (Å²) in [7, 11) is 0. The van der Waals surface area contributed by atoms with Crippen LogP contribution in [-0.2, 0) is 27.1 Å². The molecule has 0 bridgehead atoms. The number of carbonyl (C=O) groups is 2. The number of benzene rings is 3. The van der Waals surface area contributed by atoms with E-state index >= 15 is 4.39 Å². The maximum Gasteiger partial charge on any atom is 0.407 e. The number of hydrogen-bond acceptors (Lipinski definition) is 6. The molecule has 1 aliphatic rings. The number of carbonyl (C=O) groups excluding carboxylic acids is 2. The summed E-state index contributed by atoms with van der Waals surface area (Å²) < 4.78 is 89.9. The van der Waals surface area contributed by atoms with Crippen molar-refractivity contribution in [3.63, 3.8) is 0 Å². The first-order chi connectivity index (χ1) is 21.4. The van der Waals surface area contributed by atoms with Crippen LogP contribution in [0, 0.1) is 17.5 Å². The molecule has 3 atom stereocenters. The van der Waals surface area contributed by atoms with Crippen molar-refractivity contribution in [2.24, 2.45) is 5.73 Å². The Bertz CT molecular complexity index is 1390. The molecule has 242 valence electrons. The highest BCUT2D eigenvalue weighted by Gasteiger charge is 2.30. The van der Waals surface area contributed by atoms with Crippen LogP contribution in [-0.4, -0.2) is 62.5 Å². The van der Waals surface area contributed by atoms with Crippen molar-refractivity contribution in [2.75, 3.05) is 26.2 Å². The second-order valence-electron chi connectivity index (χ2n) is 10.8. The predicted octanol–water partition coefficient (Wildman–Crippen LogP) is 4.95. The average Bonchev–Trinajstić information content (AvgIpc) is 3.00. The van der Waals surface area contributed by atoms with Gasteiger partial charge in [-0.25, -0.2) is 18.0 Å². The minimum absolute atomic E-state index is 0.190. The van der Waals surface area contributed by atoms with E-state index in [1.807, 2.05) is 0 Å². The minimum atomic E-state index is -4.57. The van der Waals surface area contributed by atoms with Gasteiger partial charge in [-0.05, 0) is 65.4 Å². The quantitative estimate of drug-likeness (QED) is 0.243. The largest absolute Gasteiger partial charge is 0.447 e. The van der Waals surface area contributed by atoms with Crippen LogP contribution in [0.1, 0.15) is 34.6 Å². The Balaban J connectivity index is 1.40. The van der Waals surface area contributed by atoms with Crippen molar-refractivity contribution in [2.45, 2.75) is 49.6 Å². The van der Waals surface area contributed by atoms with Crippen LogP contribution in [0.3, 0.4) is 0 Å². The molecule has 3 aromatic carbocycles. The lowest BCUT2D eigenvalue weighted by atomic mass is 9.82. The molecule has 0 radical (unpaired) electrons. The molecule has 0 spiro atoms. The van der Waals surface area contributed by atoms with Crippen LogP contribution in [0.2, 0.25) is 0 Å². The zero-order valence-corrected chi connectivity index (χ0v) is 24.1. The average molecular weight is 638 g/mol. The lowest BCUT2D eigenvalue weighted by Crippen LogP contribution is -2.47. The molecule has 1 heterocycles. The number of ketones is 1. The van der Waals surface area contributed by atoms with E-state index in [1.165, 1.54) is 60.7 Å². The van der Waals surface area contributed by atoms with Gasteiger partial charge in [-0.2, -0.15) is 13.2 Å².